The fourth-order valence-corrected chi connectivity index (χ4v) is 2.40. The highest BCUT2D eigenvalue weighted by Crippen LogP contribution is 2.15. The number of hydrogen-bond donors (Lipinski definition) is 2. The van der Waals surface area contributed by atoms with Gasteiger partial charge in [0.1, 0.15) is 5.82 Å². The number of urea groups is 1. The molecule has 2 amide bonds. The Hall–Kier alpha value is -1.86. The Morgan fingerprint density at radius 3 is 3.04 bits per heavy atom. The molecule has 1 fully saturated rings. The highest BCUT2D eigenvalue weighted by Gasteiger charge is 2.17. The summed E-state index contributed by atoms with van der Waals surface area (Å²) in [5.74, 6) is 0.952. The molecule has 0 bridgehead atoms. The van der Waals surface area contributed by atoms with E-state index in [0.29, 0.717) is 19.7 Å². The Morgan fingerprint density at radius 2 is 2.35 bits per heavy atom. The molecule has 2 rings (SSSR count). The molecule has 7 nitrogen and oxygen atoms in total. The van der Waals surface area contributed by atoms with Gasteiger partial charge in [0.25, 0.3) is 0 Å². The van der Waals surface area contributed by atoms with Gasteiger partial charge in [-0.1, -0.05) is 6.07 Å². The number of carbonyl (C=O) groups is 1. The maximum Gasteiger partial charge on any atom is 0.315 e. The molecular formula is C16H26N4O3. The lowest BCUT2D eigenvalue weighted by Crippen LogP contribution is -2.41. The molecule has 0 radical (unpaired) electrons. The van der Waals surface area contributed by atoms with Gasteiger partial charge in [-0.3, -0.25) is 0 Å². The van der Waals surface area contributed by atoms with Crippen molar-refractivity contribution in [1.29, 1.82) is 0 Å². The maximum absolute atomic E-state index is 11.6. The molecule has 1 aliphatic heterocycles. The van der Waals surface area contributed by atoms with Crippen LogP contribution in [0.5, 0.6) is 0 Å². The first-order valence-electron chi connectivity index (χ1n) is 8.01. The van der Waals surface area contributed by atoms with Crippen molar-refractivity contribution < 1.29 is 14.3 Å². The highest BCUT2D eigenvalue weighted by atomic mass is 16.5. The van der Waals surface area contributed by atoms with Crippen molar-refractivity contribution in [2.24, 2.45) is 0 Å². The molecule has 1 aromatic rings. The van der Waals surface area contributed by atoms with Crippen molar-refractivity contribution in [1.82, 2.24) is 15.6 Å². The van der Waals surface area contributed by atoms with E-state index < -0.39 is 0 Å². The maximum atomic E-state index is 11.6. The van der Waals surface area contributed by atoms with Crippen LogP contribution in [0, 0.1) is 0 Å². The number of amides is 2. The molecule has 0 saturated carbocycles. The van der Waals surface area contributed by atoms with Crippen LogP contribution in [0.4, 0.5) is 10.6 Å². The minimum absolute atomic E-state index is 0.174. The number of morpholine rings is 1. The minimum Gasteiger partial charge on any atom is -0.385 e. The summed E-state index contributed by atoms with van der Waals surface area (Å²) in [4.78, 5) is 18.3. The van der Waals surface area contributed by atoms with Gasteiger partial charge >= 0.3 is 6.03 Å². The lowest BCUT2D eigenvalue weighted by molar-refractivity contribution is 0.0529. The predicted octanol–water partition coefficient (Wildman–Crippen LogP) is 1.14. The smallest absolute Gasteiger partial charge is 0.315 e. The molecule has 0 aliphatic carbocycles. The molecule has 23 heavy (non-hydrogen) atoms. The molecule has 1 aromatic heterocycles. The number of hydrogen-bond acceptors (Lipinski definition) is 5. The first-order chi connectivity index (χ1) is 11.2. The van der Waals surface area contributed by atoms with Crippen molar-refractivity contribution >= 4 is 11.8 Å². The molecule has 2 heterocycles. The Kier molecular flexibility index (Phi) is 7.09. The van der Waals surface area contributed by atoms with Crippen molar-refractivity contribution in [3.8, 4) is 0 Å². The van der Waals surface area contributed by atoms with Gasteiger partial charge in [0.2, 0.25) is 0 Å². The van der Waals surface area contributed by atoms with Crippen LogP contribution in [0.1, 0.15) is 18.9 Å². The third-order valence-corrected chi connectivity index (χ3v) is 3.64. The summed E-state index contributed by atoms with van der Waals surface area (Å²) in [5, 5.41) is 5.60. The first kappa shape index (κ1) is 17.5. The summed E-state index contributed by atoms with van der Waals surface area (Å²) in [6.45, 7) is 6.22. The summed E-state index contributed by atoms with van der Waals surface area (Å²) in [7, 11) is 1.65. The van der Waals surface area contributed by atoms with Crippen molar-refractivity contribution in [3.05, 3.63) is 23.9 Å². The van der Waals surface area contributed by atoms with Gasteiger partial charge in [0.15, 0.2) is 0 Å². The number of pyridine rings is 1. The van der Waals surface area contributed by atoms with Gasteiger partial charge in [-0.25, -0.2) is 9.78 Å². The first-order valence-corrected chi connectivity index (χ1v) is 8.01. The van der Waals surface area contributed by atoms with Crippen LogP contribution < -0.4 is 15.5 Å². The van der Waals surface area contributed by atoms with E-state index in [1.54, 1.807) is 13.3 Å². The van der Waals surface area contributed by atoms with Crippen LogP contribution >= 0.6 is 0 Å². The van der Waals surface area contributed by atoms with E-state index in [2.05, 4.69) is 27.4 Å². The normalized spacial score (nSPS) is 17.8. The summed E-state index contributed by atoms with van der Waals surface area (Å²) in [6.07, 6.45) is 2.84. The van der Waals surface area contributed by atoms with Gasteiger partial charge in [0, 0.05) is 46.1 Å². The standard InChI is InChI=1S/C16H26N4O3/c1-13-12-20(7-9-23-13)15-5-4-14(10-18-15)11-19-16(21)17-6-3-8-22-2/h4-5,10,13H,3,6-9,11-12H2,1-2H3,(H2,17,19,21). The molecular weight excluding hydrogens is 296 g/mol. The molecule has 0 spiro atoms. The number of rotatable bonds is 7. The Bertz CT molecular complexity index is 481. The molecule has 2 N–H and O–H groups in total. The van der Waals surface area contributed by atoms with E-state index in [9.17, 15) is 4.79 Å². The van der Waals surface area contributed by atoms with E-state index in [-0.39, 0.29) is 12.1 Å². The van der Waals surface area contributed by atoms with Gasteiger partial charge in [-0.15, -0.1) is 0 Å². The average Bonchev–Trinajstić information content (AvgIpc) is 2.57. The van der Waals surface area contributed by atoms with Gasteiger partial charge in [0.05, 0.1) is 12.7 Å². The molecule has 7 heteroatoms. The van der Waals surface area contributed by atoms with Crippen LogP contribution in [0.25, 0.3) is 0 Å². The summed E-state index contributed by atoms with van der Waals surface area (Å²) >= 11 is 0. The van der Waals surface area contributed by atoms with Crippen molar-refractivity contribution in [3.63, 3.8) is 0 Å². The van der Waals surface area contributed by atoms with Gasteiger partial charge < -0.3 is 25.0 Å². The number of ether oxygens (including phenoxy) is 2. The van der Waals surface area contributed by atoms with Crippen LogP contribution in [0.15, 0.2) is 18.3 Å². The highest BCUT2D eigenvalue weighted by molar-refractivity contribution is 5.73. The monoisotopic (exact) mass is 322 g/mol. The van der Waals surface area contributed by atoms with Crippen molar-refractivity contribution in [2.45, 2.75) is 26.0 Å². The topological polar surface area (TPSA) is 75.7 Å². The zero-order valence-electron chi connectivity index (χ0n) is 13.9. The number of nitrogens with one attached hydrogen (secondary N) is 2. The lowest BCUT2D eigenvalue weighted by Gasteiger charge is -2.32. The zero-order chi connectivity index (χ0) is 16.5. The van der Waals surface area contributed by atoms with Crippen molar-refractivity contribution in [2.75, 3.05) is 44.9 Å². The summed E-state index contributed by atoms with van der Waals surface area (Å²) in [5.41, 5.74) is 0.974. The quantitative estimate of drug-likeness (QED) is 0.736. The van der Waals surface area contributed by atoms with E-state index in [1.165, 1.54) is 0 Å². The Labute approximate surface area is 137 Å². The average molecular weight is 322 g/mol. The molecule has 1 saturated heterocycles. The predicted molar refractivity (Wildman–Crippen MR) is 88.6 cm³/mol. The summed E-state index contributed by atoms with van der Waals surface area (Å²) in [6, 6.07) is 3.81. The third kappa shape index (κ3) is 6.03. The number of carbonyl (C=O) groups excluding carboxylic acids is 1. The van der Waals surface area contributed by atoms with Crippen LogP contribution in [-0.4, -0.2) is 57.1 Å². The van der Waals surface area contributed by atoms with E-state index in [1.807, 2.05) is 12.1 Å². The van der Waals surface area contributed by atoms with Crippen LogP contribution in [0.2, 0.25) is 0 Å². The van der Waals surface area contributed by atoms with Crippen LogP contribution in [-0.2, 0) is 16.0 Å². The fourth-order valence-electron chi connectivity index (χ4n) is 2.40. The van der Waals surface area contributed by atoms with E-state index in [4.69, 9.17) is 9.47 Å². The molecule has 1 unspecified atom stereocenters. The second-order valence-electron chi connectivity index (χ2n) is 5.61. The fraction of sp³-hybridized carbons (Fsp3) is 0.625. The molecule has 1 atom stereocenters. The number of nitrogens with zero attached hydrogens (tertiary/aromatic N) is 2. The second-order valence-corrected chi connectivity index (χ2v) is 5.61. The molecule has 128 valence electrons. The minimum atomic E-state index is -0.174. The number of methoxy groups -OCH3 is 1. The van der Waals surface area contributed by atoms with E-state index >= 15 is 0 Å². The van der Waals surface area contributed by atoms with Gasteiger partial charge in [-0.2, -0.15) is 0 Å². The zero-order valence-corrected chi connectivity index (χ0v) is 13.9. The Morgan fingerprint density at radius 1 is 1.48 bits per heavy atom. The second kappa shape index (κ2) is 9.32. The van der Waals surface area contributed by atoms with Gasteiger partial charge in [-0.05, 0) is 25.0 Å². The third-order valence-electron chi connectivity index (χ3n) is 3.64. The molecule has 1 aliphatic rings. The largest absolute Gasteiger partial charge is 0.385 e. The lowest BCUT2D eigenvalue weighted by atomic mass is 10.2. The number of anilines is 1. The SMILES string of the molecule is COCCCNC(=O)NCc1ccc(N2CCOC(C)C2)nc1. The van der Waals surface area contributed by atoms with Crippen LogP contribution in [0.3, 0.4) is 0 Å². The Balaban J connectivity index is 1.73. The molecule has 0 aromatic carbocycles. The van der Waals surface area contributed by atoms with E-state index in [0.717, 1.165) is 37.5 Å². The summed E-state index contributed by atoms with van der Waals surface area (Å²) < 4.78 is 10.5. The number of aromatic nitrogens is 1.